The molecule has 1 rings (SSSR count). The predicted molar refractivity (Wildman–Crippen MR) is 87.9 cm³/mol. The Morgan fingerprint density at radius 2 is 2.04 bits per heavy atom. The second-order valence-electron chi connectivity index (χ2n) is 5.86. The lowest BCUT2D eigenvalue weighted by Crippen LogP contribution is -2.32. The molecule has 0 heterocycles. The van der Waals surface area contributed by atoms with Gasteiger partial charge in [0.2, 0.25) is 0 Å². The molecular formula is C17H23NO5. The Labute approximate surface area is 136 Å². The predicted octanol–water partition coefficient (Wildman–Crippen LogP) is 3.14. The highest BCUT2D eigenvalue weighted by atomic mass is 16.6. The summed E-state index contributed by atoms with van der Waals surface area (Å²) in [6.45, 7) is 5.79. The summed E-state index contributed by atoms with van der Waals surface area (Å²) in [5.74, 6) is 0.0624. The summed E-state index contributed by atoms with van der Waals surface area (Å²) in [7, 11) is 1.42. The van der Waals surface area contributed by atoms with Crippen LogP contribution in [0.2, 0.25) is 0 Å². The number of alkyl carbamates (subject to hydrolysis) is 1. The molecule has 6 heteroatoms. The molecule has 23 heavy (non-hydrogen) atoms. The average Bonchev–Trinajstić information content (AvgIpc) is 2.45. The van der Waals surface area contributed by atoms with Gasteiger partial charge in [-0.2, -0.15) is 0 Å². The van der Waals surface area contributed by atoms with Gasteiger partial charge in [0.25, 0.3) is 0 Å². The normalized spacial score (nSPS) is 11.3. The molecule has 0 saturated carbocycles. The van der Waals surface area contributed by atoms with Crippen LogP contribution < -0.4 is 10.1 Å². The van der Waals surface area contributed by atoms with Crippen LogP contribution in [0.25, 0.3) is 6.08 Å². The van der Waals surface area contributed by atoms with Crippen molar-refractivity contribution in [2.45, 2.75) is 32.8 Å². The maximum Gasteiger partial charge on any atom is 0.407 e. The Kier molecular flexibility index (Phi) is 6.63. The van der Waals surface area contributed by atoms with Crippen LogP contribution in [-0.4, -0.2) is 36.7 Å². The number of aldehydes is 1. The van der Waals surface area contributed by atoms with E-state index in [1.54, 1.807) is 45.1 Å². The molecule has 0 aliphatic rings. The van der Waals surface area contributed by atoms with E-state index in [0.717, 1.165) is 0 Å². The third-order valence-electron chi connectivity index (χ3n) is 2.83. The molecule has 2 N–H and O–H groups in total. The number of hydrogen-bond acceptors (Lipinski definition) is 5. The van der Waals surface area contributed by atoms with Gasteiger partial charge in [-0.25, -0.2) is 4.79 Å². The van der Waals surface area contributed by atoms with E-state index in [-0.39, 0.29) is 17.1 Å². The highest BCUT2D eigenvalue weighted by Crippen LogP contribution is 2.31. The summed E-state index contributed by atoms with van der Waals surface area (Å²) in [6.07, 6.45) is 4.17. The van der Waals surface area contributed by atoms with Crippen LogP contribution >= 0.6 is 0 Å². The van der Waals surface area contributed by atoms with Crippen molar-refractivity contribution in [3.63, 3.8) is 0 Å². The SMILES string of the molecule is COc1ccc(C=CCCNC(=O)OC(C)(C)C)c(C=O)c1O. The monoisotopic (exact) mass is 321 g/mol. The van der Waals surface area contributed by atoms with E-state index in [0.29, 0.717) is 24.8 Å². The summed E-state index contributed by atoms with van der Waals surface area (Å²) < 4.78 is 10.1. The fraction of sp³-hybridized carbons (Fsp3) is 0.412. The fourth-order valence-electron chi connectivity index (χ4n) is 1.82. The molecular weight excluding hydrogens is 298 g/mol. The van der Waals surface area contributed by atoms with E-state index >= 15 is 0 Å². The average molecular weight is 321 g/mol. The van der Waals surface area contributed by atoms with Crippen molar-refractivity contribution in [1.29, 1.82) is 0 Å². The number of phenols is 1. The minimum atomic E-state index is -0.528. The first kappa shape index (κ1) is 18.5. The van der Waals surface area contributed by atoms with E-state index in [9.17, 15) is 14.7 Å². The molecule has 1 aromatic rings. The second-order valence-corrected chi connectivity index (χ2v) is 5.86. The molecule has 0 saturated heterocycles. The Morgan fingerprint density at radius 3 is 2.61 bits per heavy atom. The molecule has 0 radical (unpaired) electrons. The van der Waals surface area contributed by atoms with Crippen molar-refractivity contribution in [3.05, 3.63) is 29.3 Å². The molecule has 0 spiro atoms. The van der Waals surface area contributed by atoms with Crippen molar-refractivity contribution in [2.24, 2.45) is 0 Å². The molecule has 0 aromatic heterocycles. The maximum absolute atomic E-state index is 11.5. The number of ether oxygens (including phenoxy) is 2. The zero-order valence-electron chi connectivity index (χ0n) is 13.9. The quantitative estimate of drug-likeness (QED) is 0.621. The van der Waals surface area contributed by atoms with Gasteiger partial charge in [0.05, 0.1) is 12.7 Å². The molecule has 1 aromatic carbocycles. The highest BCUT2D eigenvalue weighted by Gasteiger charge is 2.15. The fourth-order valence-corrected chi connectivity index (χ4v) is 1.82. The van der Waals surface area contributed by atoms with Crippen LogP contribution in [0.15, 0.2) is 18.2 Å². The van der Waals surface area contributed by atoms with Crippen molar-refractivity contribution in [1.82, 2.24) is 5.32 Å². The van der Waals surface area contributed by atoms with Crippen molar-refractivity contribution < 1.29 is 24.2 Å². The number of carbonyl (C=O) groups is 2. The Balaban J connectivity index is 2.57. The lowest BCUT2D eigenvalue weighted by atomic mass is 10.1. The van der Waals surface area contributed by atoms with Crippen molar-refractivity contribution in [2.75, 3.05) is 13.7 Å². The summed E-state index contributed by atoms with van der Waals surface area (Å²) in [6, 6.07) is 3.26. The number of hydrogen-bond donors (Lipinski definition) is 2. The van der Waals surface area contributed by atoms with Gasteiger partial charge in [0.1, 0.15) is 5.60 Å². The van der Waals surface area contributed by atoms with Crippen LogP contribution in [0.3, 0.4) is 0 Å². The maximum atomic E-state index is 11.5. The number of carbonyl (C=O) groups excluding carboxylic acids is 2. The Bertz CT molecular complexity index is 587. The minimum absolute atomic E-state index is 0.167. The first-order valence-electron chi connectivity index (χ1n) is 7.27. The largest absolute Gasteiger partial charge is 0.504 e. The van der Waals surface area contributed by atoms with Gasteiger partial charge >= 0.3 is 6.09 Å². The first-order chi connectivity index (χ1) is 10.8. The van der Waals surface area contributed by atoms with Gasteiger partial charge in [-0.1, -0.05) is 18.2 Å². The van der Waals surface area contributed by atoms with Gasteiger partial charge in [0.15, 0.2) is 17.8 Å². The second kappa shape index (κ2) is 8.22. The number of benzene rings is 1. The highest BCUT2D eigenvalue weighted by molar-refractivity contribution is 5.87. The number of methoxy groups -OCH3 is 1. The lowest BCUT2D eigenvalue weighted by molar-refractivity contribution is 0.0528. The third-order valence-corrected chi connectivity index (χ3v) is 2.83. The van der Waals surface area contributed by atoms with Gasteiger partial charge in [-0.15, -0.1) is 0 Å². The van der Waals surface area contributed by atoms with Gasteiger partial charge in [0, 0.05) is 6.54 Å². The van der Waals surface area contributed by atoms with Crippen molar-refractivity contribution >= 4 is 18.5 Å². The third kappa shape index (κ3) is 6.02. The number of phenolic OH excluding ortho intramolecular Hbond substituents is 1. The van der Waals surface area contributed by atoms with Crippen LogP contribution in [0.5, 0.6) is 11.5 Å². The van der Waals surface area contributed by atoms with Crippen LogP contribution in [0, 0.1) is 0 Å². The van der Waals surface area contributed by atoms with E-state index in [4.69, 9.17) is 9.47 Å². The van der Waals surface area contributed by atoms with E-state index in [1.807, 2.05) is 0 Å². The summed E-state index contributed by atoms with van der Waals surface area (Å²) in [5.41, 5.74) is 0.218. The summed E-state index contributed by atoms with van der Waals surface area (Å²) in [5, 5.41) is 12.5. The van der Waals surface area contributed by atoms with Gasteiger partial charge in [-0.3, -0.25) is 4.79 Å². The number of amides is 1. The van der Waals surface area contributed by atoms with E-state index in [2.05, 4.69) is 5.32 Å². The van der Waals surface area contributed by atoms with Crippen molar-refractivity contribution in [3.8, 4) is 11.5 Å². The minimum Gasteiger partial charge on any atom is -0.504 e. The molecule has 6 nitrogen and oxygen atoms in total. The topological polar surface area (TPSA) is 84.9 Å². The molecule has 126 valence electrons. The zero-order valence-corrected chi connectivity index (χ0v) is 13.9. The van der Waals surface area contributed by atoms with Gasteiger partial charge in [-0.05, 0) is 38.8 Å². The number of rotatable bonds is 6. The van der Waals surface area contributed by atoms with Gasteiger partial charge < -0.3 is 19.9 Å². The Morgan fingerprint density at radius 1 is 1.35 bits per heavy atom. The molecule has 0 bridgehead atoms. The first-order valence-corrected chi connectivity index (χ1v) is 7.27. The van der Waals surface area contributed by atoms with Crippen LogP contribution in [0.4, 0.5) is 4.79 Å². The molecule has 0 atom stereocenters. The molecule has 0 fully saturated rings. The summed E-state index contributed by atoms with van der Waals surface area (Å²) >= 11 is 0. The smallest absolute Gasteiger partial charge is 0.407 e. The summed E-state index contributed by atoms with van der Waals surface area (Å²) in [4.78, 5) is 22.6. The molecule has 0 aliphatic heterocycles. The molecule has 0 unspecified atom stereocenters. The number of aromatic hydroxyl groups is 1. The number of nitrogens with one attached hydrogen (secondary N) is 1. The van der Waals surface area contributed by atoms with Crippen LogP contribution in [0.1, 0.15) is 43.1 Å². The zero-order chi connectivity index (χ0) is 17.5. The standard InChI is InChI=1S/C17H23NO5/c1-17(2,3)23-16(21)18-10-6-5-7-12-8-9-14(22-4)15(20)13(12)11-19/h5,7-9,11,20H,6,10H2,1-4H3,(H,18,21). The Hall–Kier alpha value is -2.50. The molecule has 0 aliphatic carbocycles. The lowest BCUT2D eigenvalue weighted by Gasteiger charge is -2.19. The molecule has 1 amide bonds. The van der Waals surface area contributed by atoms with E-state index in [1.165, 1.54) is 7.11 Å². The van der Waals surface area contributed by atoms with E-state index < -0.39 is 11.7 Å². The van der Waals surface area contributed by atoms with Crippen LogP contribution in [-0.2, 0) is 4.74 Å².